The Hall–Kier alpha value is -2.53. The number of ether oxygens (including phenoxy) is 1. The number of amides is 2. The van der Waals surface area contributed by atoms with E-state index in [9.17, 15) is 4.79 Å². The van der Waals surface area contributed by atoms with Gasteiger partial charge in [-0.1, -0.05) is 42.5 Å². The summed E-state index contributed by atoms with van der Waals surface area (Å²) in [6, 6.07) is 18.2. The molecule has 138 valence electrons. The van der Waals surface area contributed by atoms with Crippen LogP contribution >= 0.6 is 0 Å². The van der Waals surface area contributed by atoms with Crippen molar-refractivity contribution in [2.45, 2.75) is 19.5 Å². The van der Waals surface area contributed by atoms with Crippen LogP contribution in [0.25, 0.3) is 0 Å². The zero-order chi connectivity index (χ0) is 18.4. The lowest BCUT2D eigenvalue weighted by Gasteiger charge is -2.40. The average molecular weight is 353 g/mol. The molecule has 0 radical (unpaired) electrons. The van der Waals surface area contributed by atoms with E-state index in [1.165, 1.54) is 5.56 Å². The van der Waals surface area contributed by atoms with Crippen molar-refractivity contribution in [3.05, 3.63) is 65.7 Å². The summed E-state index contributed by atoms with van der Waals surface area (Å²) in [7, 11) is 2.10. The van der Waals surface area contributed by atoms with Crippen molar-refractivity contribution in [1.82, 2.24) is 15.1 Å². The van der Waals surface area contributed by atoms with Crippen LogP contribution in [0.15, 0.2) is 54.6 Å². The van der Waals surface area contributed by atoms with E-state index in [0.29, 0.717) is 13.2 Å². The summed E-state index contributed by atoms with van der Waals surface area (Å²) < 4.78 is 5.53. The van der Waals surface area contributed by atoms with Crippen LogP contribution in [0.2, 0.25) is 0 Å². The van der Waals surface area contributed by atoms with E-state index >= 15 is 0 Å². The minimum atomic E-state index is -0.0197. The van der Waals surface area contributed by atoms with Crippen LogP contribution in [0.1, 0.15) is 24.1 Å². The summed E-state index contributed by atoms with van der Waals surface area (Å²) in [6.07, 6.45) is 0. The van der Waals surface area contributed by atoms with Crippen LogP contribution in [-0.2, 0) is 6.54 Å². The smallest absolute Gasteiger partial charge is 0.318 e. The number of hydrogen-bond donors (Lipinski definition) is 1. The molecule has 5 heteroatoms. The third-order valence-electron chi connectivity index (χ3n) is 4.68. The molecule has 5 nitrogen and oxygen atoms in total. The van der Waals surface area contributed by atoms with Gasteiger partial charge in [0.1, 0.15) is 5.75 Å². The lowest BCUT2D eigenvalue weighted by atomic mass is 10.0. The van der Waals surface area contributed by atoms with E-state index in [-0.39, 0.29) is 12.1 Å². The number of urea groups is 1. The predicted octanol–water partition coefficient (Wildman–Crippen LogP) is 3.28. The first kappa shape index (κ1) is 18.3. The van der Waals surface area contributed by atoms with Crippen molar-refractivity contribution in [1.29, 1.82) is 0 Å². The maximum atomic E-state index is 12.8. The largest absolute Gasteiger partial charge is 0.494 e. The van der Waals surface area contributed by atoms with Gasteiger partial charge in [-0.3, -0.25) is 0 Å². The van der Waals surface area contributed by atoms with Gasteiger partial charge in [-0.15, -0.1) is 0 Å². The number of likely N-dealkylation sites (N-methyl/N-ethyl adjacent to an activating group) is 1. The molecule has 2 aromatic carbocycles. The maximum Gasteiger partial charge on any atom is 0.318 e. The van der Waals surface area contributed by atoms with E-state index < -0.39 is 0 Å². The van der Waals surface area contributed by atoms with Crippen LogP contribution in [0.4, 0.5) is 4.79 Å². The minimum absolute atomic E-state index is 0.0197. The molecule has 0 saturated carbocycles. The number of hydrogen-bond acceptors (Lipinski definition) is 3. The third-order valence-corrected chi connectivity index (χ3v) is 4.68. The zero-order valence-electron chi connectivity index (χ0n) is 15.5. The van der Waals surface area contributed by atoms with Gasteiger partial charge in [-0.2, -0.15) is 0 Å². The van der Waals surface area contributed by atoms with Crippen molar-refractivity contribution < 1.29 is 9.53 Å². The van der Waals surface area contributed by atoms with E-state index in [2.05, 4.69) is 29.4 Å². The average Bonchev–Trinajstić information content (AvgIpc) is 2.67. The fourth-order valence-corrected chi connectivity index (χ4v) is 3.31. The zero-order valence-corrected chi connectivity index (χ0v) is 15.5. The number of rotatable bonds is 5. The second-order valence-electron chi connectivity index (χ2n) is 6.62. The standard InChI is InChI=1S/C21H27N3O2/c1-3-26-19-11-7-8-17(14-19)15-22-21(25)24-13-12-23(2)16-20(24)18-9-5-4-6-10-18/h4-11,14,20H,3,12-13,15-16H2,1-2H3,(H,22,25). The second kappa shape index (κ2) is 8.72. The molecule has 1 atom stereocenters. The first-order valence-corrected chi connectivity index (χ1v) is 9.17. The number of carbonyl (C=O) groups excluding carboxylic acids is 1. The fourth-order valence-electron chi connectivity index (χ4n) is 3.31. The van der Waals surface area contributed by atoms with Crippen LogP contribution in [0.5, 0.6) is 5.75 Å². The maximum absolute atomic E-state index is 12.8. The van der Waals surface area contributed by atoms with Crippen molar-refractivity contribution >= 4 is 6.03 Å². The predicted molar refractivity (Wildman–Crippen MR) is 103 cm³/mol. The molecule has 26 heavy (non-hydrogen) atoms. The van der Waals surface area contributed by atoms with Gasteiger partial charge in [0.15, 0.2) is 0 Å². The van der Waals surface area contributed by atoms with Crippen molar-refractivity contribution in [2.75, 3.05) is 33.3 Å². The number of piperazine rings is 1. The van der Waals surface area contributed by atoms with E-state index in [4.69, 9.17) is 4.74 Å². The van der Waals surface area contributed by atoms with Gasteiger partial charge in [0.05, 0.1) is 12.6 Å². The first-order valence-electron chi connectivity index (χ1n) is 9.17. The monoisotopic (exact) mass is 353 g/mol. The molecule has 2 amide bonds. The Bertz CT molecular complexity index is 720. The van der Waals surface area contributed by atoms with Gasteiger partial charge in [0.25, 0.3) is 0 Å². The highest BCUT2D eigenvalue weighted by Crippen LogP contribution is 2.25. The Morgan fingerprint density at radius 2 is 1.96 bits per heavy atom. The van der Waals surface area contributed by atoms with E-state index in [1.54, 1.807) is 0 Å². The summed E-state index contributed by atoms with van der Waals surface area (Å²) >= 11 is 0. The Morgan fingerprint density at radius 3 is 2.73 bits per heavy atom. The summed E-state index contributed by atoms with van der Waals surface area (Å²) in [5.74, 6) is 0.834. The highest BCUT2D eigenvalue weighted by molar-refractivity contribution is 5.75. The SMILES string of the molecule is CCOc1cccc(CNC(=O)N2CCN(C)CC2c2ccccc2)c1. The molecule has 1 unspecified atom stereocenters. The molecule has 0 spiro atoms. The normalized spacial score (nSPS) is 17.8. The van der Waals surface area contributed by atoms with Gasteiger partial charge in [0.2, 0.25) is 0 Å². The molecule has 1 heterocycles. The number of benzene rings is 2. The van der Waals surface area contributed by atoms with E-state index in [1.807, 2.05) is 54.3 Å². The number of nitrogens with zero attached hydrogens (tertiary/aromatic N) is 2. The van der Waals surface area contributed by atoms with Crippen molar-refractivity contribution in [2.24, 2.45) is 0 Å². The summed E-state index contributed by atoms with van der Waals surface area (Å²) in [5.41, 5.74) is 2.21. The van der Waals surface area contributed by atoms with Gasteiger partial charge < -0.3 is 19.9 Å². The van der Waals surface area contributed by atoms with Gasteiger partial charge in [-0.25, -0.2) is 4.79 Å². The molecule has 1 N–H and O–H groups in total. The van der Waals surface area contributed by atoms with Crippen LogP contribution in [0, 0.1) is 0 Å². The number of nitrogens with one attached hydrogen (secondary N) is 1. The quantitative estimate of drug-likeness (QED) is 0.897. The second-order valence-corrected chi connectivity index (χ2v) is 6.62. The highest BCUT2D eigenvalue weighted by atomic mass is 16.5. The van der Waals surface area contributed by atoms with Gasteiger partial charge >= 0.3 is 6.03 Å². The van der Waals surface area contributed by atoms with Crippen molar-refractivity contribution in [3.63, 3.8) is 0 Å². The lowest BCUT2D eigenvalue weighted by molar-refractivity contribution is 0.108. The molecular formula is C21H27N3O2. The first-order chi connectivity index (χ1) is 12.7. The summed E-state index contributed by atoms with van der Waals surface area (Å²) in [5, 5.41) is 3.07. The molecule has 1 saturated heterocycles. The summed E-state index contributed by atoms with van der Waals surface area (Å²) in [4.78, 5) is 17.1. The Labute approximate surface area is 155 Å². The van der Waals surface area contributed by atoms with E-state index in [0.717, 1.165) is 30.9 Å². The van der Waals surface area contributed by atoms with Gasteiger partial charge in [0, 0.05) is 26.2 Å². The Morgan fingerprint density at radius 1 is 1.15 bits per heavy atom. The molecule has 1 aliphatic heterocycles. The lowest BCUT2D eigenvalue weighted by Crippen LogP contribution is -2.52. The Balaban J connectivity index is 1.66. The summed E-state index contributed by atoms with van der Waals surface area (Å²) in [6.45, 7) is 5.55. The van der Waals surface area contributed by atoms with Crippen LogP contribution in [0.3, 0.4) is 0 Å². The molecule has 0 aliphatic carbocycles. The molecule has 0 bridgehead atoms. The third kappa shape index (κ3) is 4.55. The molecule has 2 aromatic rings. The molecule has 1 fully saturated rings. The number of carbonyl (C=O) groups is 1. The van der Waals surface area contributed by atoms with Gasteiger partial charge in [-0.05, 0) is 37.2 Å². The fraction of sp³-hybridized carbons (Fsp3) is 0.381. The van der Waals surface area contributed by atoms with Crippen LogP contribution < -0.4 is 10.1 Å². The minimum Gasteiger partial charge on any atom is -0.494 e. The Kier molecular flexibility index (Phi) is 6.12. The molecule has 0 aromatic heterocycles. The van der Waals surface area contributed by atoms with Crippen molar-refractivity contribution in [3.8, 4) is 5.75 Å². The van der Waals surface area contributed by atoms with Crippen LogP contribution in [-0.4, -0.2) is 49.1 Å². The topological polar surface area (TPSA) is 44.8 Å². The molecule has 1 aliphatic rings. The highest BCUT2D eigenvalue weighted by Gasteiger charge is 2.29. The molecule has 3 rings (SSSR count). The molecular weight excluding hydrogens is 326 g/mol.